The first-order valence-electron chi connectivity index (χ1n) is 5.77. The number of carbonyl (C=O) groups excluding carboxylic acids is 1. The van der Waals surface area contributed by atoms with E-state index >= 15 is 0 Å². The number of aryl methyl sites for hydroxylation is 1. The van der Waals surface area contributed by atoms with Gasteiger partial charge in [0.05, 0.1) is 6.04 Å². The highest BCUT2D eigenvalue weighted by molar-refractivity contribution is 7.11. The number of carbonyl (C=O) groups is 1. The highest BCUT2D eigenvalue weighted by atomic mass is 32.1. The van der Waals surface area contributed by atoms with E-state index in [-0.39, 0.29) is 11.9 Å². The van der Waals surface area contributed by atoms with Crippen LogP contribution in [0.25, 0.3) is 0 Å². The molecule has 0 saturated heterocycles. The SMILES string of the molecule is Cc1cnc(C(C)NC(=O)c2cccc(NN)n2)s1. The van der Waals surface area contributed by atoms with Crippen LogP contribution in [-0.4, -0.2) is 15.9 Å². The number of amides is 1. The van der Waals surface area contributed by atoms with E-state index in [1.165, 1.54) is 0 Å². The lowest BCUT2D eigenvalue weighted by molar-refractivity contribution is 0.0935. The number of hydrazine groups is 1. The van der Waals surface area contributed by atoms with Gasteiger partial charge in [-0.3, -0.25) is 4.79 Å². The molecule has 1 amide bonds. The van der Waals surface area contributed by atoms with E-state index in [9.17, 15) is 4.79 Å². The number of nitrogen functional groups attached to an aromatic ring is 1. The number of rotatable bonds is 4. The maximum atomic E-state index is 12.0. The molecule has 0 aliphatic carbocycles. The minimum Gasteiger partial charge on any atom is -0.342 e. The highest BCUT2D eigenvalue weighted by Gasteiger charge is 2.15. The molecule has 0 fully saturated rings. The zero-order chi connectivity index (χ0) is 13.8. The van der Waals surface area contributed by atoms with Gasteiger partial charge in [0.1, 0.15) is 16.5 Å². The van der Waals surface area contributed by atoms with Crippen molar-refractivity contribution in [3.63, 3.8) is 0 Å². The van der Waals surface area contributed by atoms with Gasteiger partial charge in [-0.1, -0.05) is 6.07 Å². The molecule has 19 heavy (non-hydrogen) atoms. The third-order valence-electron chi connectivity index (χ3n) is 2.49. The monoisotopic (exact) mass is 277 g/mol. The molecular weight excluding hydrogens is 262 g/mol. The summed E-state index contributed by atoms with van der Waals surface area (Å²) in [7, 11) is 0. The molecule has 2 aromatic rings. The summed E-state index contributed by atoms with van der Waals surface area (Å²) in [6, 6.07) is 4.89. The average molecular weight is 277 g/mol. The molecule has 0 bridgehead atoms. The molecule has 2 heterocycles. The summed E-state index contributed by atoms with van der Waals surface area (Å²) < 4.78 is 0. The molecule has 0 radical (unpaired) electrons. The topological polar surface area (TPSA) is 92.9 Å². The van der Waals surface area contributed by atoms with Crippen molar-refractivity contribution in [1.29, 1.82) is 0 Å². The quantitative estimate of drug-likeness (QED) is 0.583. The number of pyridine rings is 1. The Morgan fingerprint density at radius 2 is 2.26 bits per heavy atom. The summed E-state index contributed by atoms with van der Waals surface area (Å²) in [5.74, 6) is 5.46. The maximum Gasteiger partial charge on any atom is 0.270 e. The Balaban J connectivity index is 2.08. The number of nitrogens with zero attached hydrogens (tertiary/aromatic N) is 2. The molecule has 4 N–H and O–H groups in total. The number of anilines is 1. The minimum absolute atomic E-state index is 0.150. The van der Waals surface area contributed by atoms with Crippen LogP contribution >= 0.6 is 11.3 Å². The van der Waals surface area contributed by atoms with Crippen molar-refractivity contribution in [1.82, 2.24) is 15.3 Å². The first kappa shape index (κ1) is 13.4. The molecule has 100 valence electrons. The number of nitrogens with one attached hydrogen (secondary N) is 2. The minimum atomic E-state index is -0.252. The Kier molecular flexibility index (Phi) is 4.08. The van der Waals surface area contributed by atoms with E-state index in [4.69, 9.17) is 5.84 Å². The molecule has 0 saturated carbocycles. The lowest BCUT2D eigenvalue weighted by Gasteiger charge is -2.11. The molecule has 7 heteroatoms. The largest absolute Gasteiger partial charge is 0.342 e. The van der Waals surface area contributed by atoms with Gasteiger partial charge in [-0.25, -0.2) is 15.8 Å². The Labute approximate surface area is 115 Å². The average Bonchev–Trinajstić information content (AvgIpc) is 2.85. The van der Waals surface area contributed by atoms with Crippen molar-refractivity contribution in [3.05, 3.63) is 40.0 Å². The second kappa shape index (κ2) is 5.77. The van der Waals surface area contributed by atoms with Crippen LogP contribution in [0.4, 0.5) is 5.82 Å². The number of nitrogens with two attached hydrogens (primary N) is 1. The normalized spacial score (nSPS) is 11.9. The van der Waals surface area contributed by atoms with Crippen molar-refractivity contribution < 1.29 is 4.79 Å². The third-order valence-corrected chi connectivity index (χ3v) is 3.58. The van der Waals surface area contributed by atoms with Gasteiger partial charge >= 0.3 is 0 Å². The number of hydrogen-bond donors (Lipinski definition) is 3. The van der Waals surface area contributed by atoms with Gasteiger partial charge in [-0.2, -0.15) is 0 Å². The lowest BCUT2D eigenvalue weighted by Crippen LogP contribution is -2.27. The predicted octanol–water partition coefficient (Wildman–Crippen LogP) is 1.62. The van der Waals surface area contributed by atoms with Crippen molar-refractivity contribution in [2.75, 3.05) is 5.43 Å². The number of thiazole rings is 1. The van der Waals surface area contributed by atoms with Crippen LogP contribution in [0.1, 0.15) is 33.3 Å². The van der Waals surface area contributed by atoms with E-state index in [1.54, 1.807) is 35.7 Å². The molecule has 2 rings (SSSR count). The Morgan fingerprint density at radius 3 is 2.89 bits per heavy atom. The Hall–Kier alpha value is -1.99. The molecule has 0 aliphatic rings. The van der Waals surface area contributed by atoms with Gasteiger partial charge < -0.3 is 10.7 Å². The third kappa shape index (κ3) is 3.27. The second-order valence-corrected chi connectivity index (χ2v) is 5.32. The van der Waals surface area contributed by atoms with Crippen LogP contribution in [-0.2, 0) is 0 Å². The second-order valence-electron chi connectivity index (χ2n) is 4.06. The molecule has 6 nitrogen and oxygen atoms in total. The predicted molar refractivity (Wildman–Crippen MR) is 74.8 cm³/mol. The van der Waals surface area contributed by atoms with E-state index < -0.39 is 0 Å². The highest BCUT2D eigenvalue weighted by Crippen LogP contribution is 2.19. The van der Waals surface area contributed by atoms with Crippen LogP contribution in [0, 0.1) is 6.92 Å². The van der Waals surface area contributed by atoms with Crippen LogP contribution in [0.3, 0.4) is 0 Å². The Bertz CT molecular complexity index is 583. The van der Waals surface area contributed by atoms with E-state index in [0.717, 1.165) is 9.88 Å². The fourth-order valence-corrected chi connectivity index (χ4v) is 2.32. The molecule has 1 atom stereocenters. The van der Waals surface area contributed by atoms with Crippen LogP contribution in [0.15, 0.2) is 24.4 Å². The summed E-state index contributed by atoms with van der Waals surface area (Å²) in [6.45, 7) is 3.87. The Morgan fingerprint density at radius 1 is 1.47 bits per heavy atom. The van der Waals surface area contributed by atoms with Gasteiger partial charge in [-0.05, 0) is 26.0 Å². The molecular formula is C12H15N5OS. The van der Waals surface area contributed by atoms with Crippen molar-refractivity contribution in [2.45, 2.75) is 19.9 Å². The van der Waals surface area contributed by atoms with E-state index in [0.29, 0.717) is 11.5 Å². The van der Waals surface area contributed by atoms with E-state index in [2.05, 4.69) is 20.7 Å². The molecule has 2 aromatic heterocycles. The van der Waals surface area contributed by atoms with Gasteiger partial charge in [0.2, 0.25) is 0 Å². The molecule has 0 aromatic carbocycles. The summed E-state index contributed by atoms with van der Waals surface area (Å²) in [5, 5.41) is 3.73. The van der Waals surface area contributed by atoms with E-state index in [1.807, 2.05) is 13.8 Å². The van der Waals surface area contributed by atoms with Gasteiger partial charge in [0.25, 0.3) is 5.91 Å². The summed E-state index contributed by atoms with van der Waals surface area (Å²) in [6.07, 6.45) is 1.79. The van der Waals surface area contributed by atoms with Crippen molar-refractivity contribution in [3.8, 4) is 0 Å². The molecule has 1 unspecified atom stereocenters. The molecule has 0 spiro atoms. The van der Waals surface area contributed by atoms with Crippen LogP contribution < -0.4 is 16.6 Å². The first-order valence-corrected chi connectivity index (χ1v) is 6.58. The zero-order valence-electron chi connectivity index (χ0n) is 10.7. The van der Waals surface area contributed by atoms with Gasteiger partial charge in [0.15, 0.2) is 0 Å². The summed E-state index contributed by atoms with van der Waals surface area (Å²) >= 11 is 1.56. The van der Waals surface area contributed by atoms with Gasteiger partial charge in [-0.15, -0.1) is 11.3 Å². The number of hydrogen-bond acceptors (Lipinski definition) is 6. The number of aromatic nitrogens is 2. The summed E-state index contributed by atoms with van der Waals surface area (Å²) in [4.78, 5) is 21.5. The van der Waals surface area contributed by atoms with Crippen molar-refractivity contribution in [2.24, 2.45) is 5.84 Å². The maximum absolute atomic E-state index is 12.0. The fraction of sp³-hybridized carbons (Fsp3) is 0.250. The van der Waals surface area contributed by atoms with Gasteiger partial charge in [0, 0.05) is 11.1 Å². The zero-order valence-corrected chi connectivity index (χ0v) is 11.5. The van der Waals surface area contributed by atoms with Crippen LogP contribution in [0.5, 0.6) is 0 Å². The van der Waals surface area contributed by atoms with Crippen LogP contribution in [0.2, 0.25) is 0 Å². The lowest BCUT2D eigenvalue weighted by atomic mass is 10.3. The summed E-state index contributed by atoms with van der Waals surface area (Å²) in [5.41, 5.74) is 2.72. The molecule has 0 aliphatic heterocycles. The fourth-order valence-electron chi connectivity index (χ4n) is 1.55. The standard InChI is InChI=1S/C12H15N5OS/c1-7-6-14-12(19-7)8(2)15-11(18)9-4-3-5-10(16-9)17-13/h3-6,8H,13H2,1-2H3,(H,15,18)(H,16,17). The first-order chi connectivity index (χ1) is 9.10. The smallest absolute Gasteiger partial charge is 0.270 e. The van der Waals surface area contributed by atoms with Crippen molar-refractivity contribution >= 4 is 23.1 Å².